The summed E-state index contributed by atoms with van der Waals surface area (Å²) in [6, 6.07) is 41.5. The molecule has 2 atom stereocenters. The minimum atomic E-state index is -2.03. The lowest BCUT2D eigenvalue weighted by molar-refractivity contribution is -0.164. The summed E-state index contributed by atoms with van der Waals surface area (Å²) >= 11 is 1.51. The minimum absolute atomic E-state index is 0.0668. The summed E-state index contributed by atoms with van der Waals surface area (Å²) in [5, 5.41) is 40.2. The molecule has 3 heterocycles. The normalized spacial score (nSPS) is 14.7. The number of amides is 1. The van der Waals surface area contributed by atoms with Crippen LogP contribution in [0.5, 0.6) is 11.5 Å². The number of phenolic OH excluding ortho intramolecular Hbond substituents is 1. The van der Waals surface area contributed by atoms with Crippen molar-refractivity contribution in [3.05, 3.63) is 188 Å². The second-order valence-corrected chi connectivity index (χ2v) is 17.6. The van der Waals surface area contributed by atoms with Gasteiger partial charge in [-0.25, -0.2) is 4.79 Å². The average Bonchev–Trinajstić information content (AvgIpc) is 3.83. The maximum atomic E-state index is 14.0. The van der Waals surface area contributed by atoms with Crippen molar-refractivity contribution in [2.45, 2.75) is 44.2 Å². The Balaban J connectivity index is 0.842. The number of hydrogen-bond acceptors (Lipinski definition) is 11. The molecule has 2 aromatic heterocycles. The van der Waals surface area contributed by atoms with Gasteiger partial charge >= 0.3 is 5.97 Å². The molecule has 8 rings (SSSR count). The number of rotatable bonds is 17. The van der Waals surface area contributed by atoms with Gasteiger partial charge in [-0.05, 0) is 114 Å². The van der Waals surface area contributed by atoms with Crippen LogP contribution in [0, 0.1) is 5.92 Å². The first-order valence-electron chi connectivity index (χ1n) is 21.7. The Hall–Kier alpha value is -6.61. The average molecular weight is 893 g/mol. The zero-order valence-electron chi connectivity index (χ0n) is 36.0. The number of carbonyl (C=O) groups excluding carboxylic acids is 2. The highest BCUT2D eigenvalue weighted by atomic mass is 32.1. The zero-order valence-corrected chi connectivity index (χ0v) is 36.9. The molecule has 1 saturated heterocycles. The van der Waals surface area contributed by atoms with Gasteiger partial charge in [0.05, 0.1) is 31.9 Å². The van der Waals surface area contributed by atoms with E-state index in [1.807, 2.05) is 60.7 Å². The highest BCUT2D eigenvalue weighted by Gasteiger charge is 2.42. The topological polar surface area (TPSA) is 173 Å². The maximum absolute atomic E-state index is 14.0. The Labute approximate surface area is 381 Å². The van der Waals surface area contributed by atoms with Gasteiger partial charge in [0, 0.05) is 52.0 Å². The molecule has 1 aliphatic rings. The molecular formula is C52H52N4O8S. The van der Waals surface area contributed by atoms with E-state index in [0.29, 0.717) is 40.7 Å². The van der Waals surface area contributed by atoms with Crippen molar-refractivity contribution in [2.24, 2.45) is 5.92 Å². The number of aromatic hydroxyl groups is 1. The number of aliphatic hydroxyl groups is 2. The fourth-order valence-electron chi connectivity index (χ4n) is 8.26. The van der Waals surface area contributed by atoms with Crippen LogP contribution in [0.1, 0.15) is 62.0 Å². The van der Waals surface area contributed by atoms with Gasteiger partial charge in [-0.3, -0.25) is 14.5 Å². The molecule has 0 saturated carbocycles. The number of aromatic nitrogens is 1. The number of benzene rings is 5. The van der Waals surface area contributed by atoms with E-state index in [2.05, 4.69) is 32.7 Å². The summed E-state index contributed by atoms with van der Waals surface area (Å²) in [6.45, 7) is 3.83. The molecule has 0 spiro atoms. The van der Waals surface area contributed by atoms with Gasteiger partial charge in [0.15, 0.2) is 0 Å². The Bertz CT molecular complexity index is 2790. The summed E-state index contributed by atoms with van der Waals surface area (Å²) in [6.07, 6.45) is 0.881. The number of methoxy groups -OCH3 is 1. The Morgan fingerprint density at radius 2 is 1.58 bits per heavy atom. The van der Waals surface area contributed by atoms with Crippen LogP contribution in [-0.2, 0) is 34.8 Å². The molecule has 334 valence electrons. The third kappa shape index (κ3) is 10.7. The lowest BCUT2D eigenvalue weighted by atomic mass is 9.85. The van der Waals surface area contributed by atoms with Crippen molar-refractivity contribution in [1.29, 1.82) is 0 Å². The van der Waals surface area contributed by atoms with Crippen LogP contribution in [0.25, 0.3) is 21.3 Å². The number of likely N-dealkylation sites (tertiary alicyclic amines) is 1. The third-order valence-corrected chi connectivity index (χ3v) is 13.1. The number of aromatic amines is 1. The Kier molecular flexibility index (Phi) is 14.2. The summed E-state index contributed by atoms with van der Waals surface area (Å²) < 4.78 is 11.2. The lowest BCUT2D eigenvalue weighted by Gasteiger charge is -2.33. The van der Waals surface area contributed by atoms with E-state index in [9.17, 15) is 29.7 Å². The van der Waals surface area contributed by atoms with Crippen molar-refractivity contribution in [1.82, 2.24) is 20.5 Å². The summed E-state index contributed by atoms with van der Waals surface area (Å²) in [5.74, 6) is 0.0258. The highest BCUT2D eigenvalue weighted by molar-refractivity contribution is 7.15. The first kappa shape index (κ1) is 45.0. The standard InChI is InChI=1S/C52H52N4O8S/c1-63-41-16-12-35(13-17-41)32-56-26-24-36(25-27-56)33-64-51(61)52(62,39-7-3-2-4-8-39)40-9-5-6-38(28-40)47-22-18-42(65-47)30-54-50(60)37-14-10-34(11-15-37)29-53-31-46(58)43-19-21-45(57)49-44(43)20-23-48(59)55-49/h2-23,28,36,46,53,57-58,62H,24-27,29-33H2,1H3,(H,54,60)(H,55,59)/t46-,52?/m0/s1. The first-order chi connectivity index (χ1) is 31.6. The van der Waals surface area contributed by atoms with Crippen LogP contribution >= 0.6 is 11.3 Å². The molecular weight excluding hydrogens is 841 g/mol. The maximum Gasteiger partial charge on any atom is 0.347 e. The fourth-order valence-corrected chi connectivity index (χ4v) is 9.21. The monoisotopic (exact) mass is 892 g/mol. The predicted octanol–water partition coefficient (Wildman–Crippen LogP) is 7.42. The van der Waals surface area contributed by atoms with Crippen molar-refractivity contribution >= 4 is 34.1 Å². The molecule has 1 fully saturated rings. The van der Waals surface area contributed by atoms with Gasteiger partial charge in [0.1, 0.15) is 11.5 Å². The number of H-pyrrole nitrogens is 1. The largest absolute Gasteiger partial charge is 0.506 e. The molecule has 1 unspecified atom stereocenters. The number of nitrogens with one attached hydrogen (secondary N) is 3. The van der Waals surface area contributed by atoms with Gasteiger partial charge in [0.25, 0.3) is 5.91 Å². The quantitative estimate of drug-likeness (QED) is 0.0506. The number of piperidine rings is 1. The first-order valence-corrected chi connectivity index (χ1v) is 22.5. The van der Waals surface area contributed by atoms with E-state index in [1.54, 1.807) is 61.7 Å². The highest BCUT2D eigenvalue weighted by Crippen LogP contribution is 2.36. The molecule has 5 aromatic carbocycles. The van der Waals surface area contributed by atoms with Crippen molar-refractivity contribution in [3.63, 3.8) is 0 Å². The molecule has 65 heavy (non-hydrogen) atoms. The van der Waals surface area contributed by atoms with E-state index in [0.717, 1.165) is 59.1 Å². The fraction of sp³-hybridized carbons (Fsp3) is 0.250. The second kappa shape index (κ2) is 20.5. The molecule has 6 N–H and O–H groups in total. The predicted molar refractivity (Wildman–Crippen MR) is 252 cm³/mol. The number of carbonyl (C=O) groups is 2. The van der Waals surface area contributed by atoms with Gasteiger partial charge in [-0.1, -0.05) is 78.9 Å². The van der Waals surface area contributed by atoms with E-state index >= 15 is 0 Å². The van der Waals surface area contributed by atoms with Crippen LogP contribution in [-0.4, -0.2) is 70.4 Å². The minimum Gasteiger partial charge on any atom is -0.506 e. The smallest absolute Gasteiger partial charge is 0.347 e. The number of nitrogens with zero attached hydrogens (tertiary/aromatic N) is 1. The molecule has 0 radical (unpaired) electrons. The van der Waals surface area contributed by atoms with E-state index in [-0.39, 0.29) is 41.8 Å². The Morgan fingerprint density at radius 3 is 2.34 bits per heavy atom. The van der Waals surface area contributed by atoms with Gasteiger partial charge in [-0.2, -0.15) is 0 Å². The Morgan fingerprint density at radius 1 is 0.846 bits per heavy atom. The molecule has 1 aliphatic heterocycles. The lowest BCUT2D eigenvalue weighted by Crippen LogP contribution is -2.40. The van der Waals surface area contributed by atoms with Crippen LogP contribution in [0.3, 0.4) is 0 Å². The van der Waals surface area contributed by atoms with Crippen LogP contribution < -0.4 is 20.9 Å². The molecule has 1 amide bonds. The van der Waals surface area contributed by atoms with E-state index < -0.39 is 17.7 Å². The summed E-state index contributed by atoms with van der Waals surface area (Å²) in [4.78, 5) is 45.8. The zero-order chi connectivity index (χ0) is 45.3. The van der Waals surface area contributed by atoms with Gasteiger partial charge < -0.3 is 40.4 Å². The summed E-state index contributed by atoms with van der Waals surface area (Å²) in [5.41, 5.74) is 2.78. The number of aliphatic hydroxyl groups excluding tert-OH is 1. The molecule has 0 bridgehead atoms. The number of phenols is 1. The number of pyridine rings is 1. The molecule has 0 aliphatic carbocycles. The van der Waals surface area contributed by atoms with Crippen LogP contribution in [0.15, 0.2) is 144 Å². The van der Waals surface area contributed by atoms with Crippen molar-refractivity contribution in [3.8, 4) is 21.9 Å². The molecule has 13 heteroatoms. The van der Waals surface area contributed by atoms with Gasteiger partial charge in [-0.15, -0.1) is 11.3 Å². The number of esters is 1. The third-order valence-electron chi connectivity index (χ3n) is 12.0. The van der Waals surface area contributed by atoms with Gasteiger partial charge in [0.2, 0.25) is 11.2 Å². The number of ether oxygens (including phenoxy) is 2. The van der Waals surface area contributed by atoms with Crippen LogP contribution in [0.2, 0.25) is 0 Å². The number of fused-ring (bicyclic) bond motifs is 1. The number of hydrogen-bond donors (Lipinski definition) is 6. The summed E-state index contributed by atoms with van der Waals surface area (Å²) in [7, 11) is 1.66. The molecule has 7 aromatic rings. The second-order valence-electron chi connectivity index (χ2n) is 16.4. The van der Waals surface area contributed by atoms with Crippen molar-refractivity contribution in [2.75, 3.05) is 33.4 Å². The number of thiophene rings is 1. The molecule has 12 nitrogen and oxygen atoms in total. The van der Waals surface area contributed by atoms with Crippen molar-refractivity contribution < 1.29 is 34.4 Å². The SMILES string of the molecule is COc1ccc(CN2CCC(COC(=O)C(O)(c3ccccc3)c3cccc(-c4ccc(CNC(=O)c5ccc(CNC[C@H](O)c6ccc(O)c7[nH]c(=O)ccc67)cc5)s4)c3)CC2)cc1. The van der Waals surface area contributed by atoms with E-state index in [4.69, 9.17) is 9.47 Å². The van der Waals surface area contributed by atoms with E-state index in [1.165, 1.54) is 29.0 Å². The van der Waals surface area contributed by atoms with Crippen LogP contribution in [0.4, 0.5) is 0 Å².